The highest BCUT2D eigenvalue weighted by Crippen LogP contribution is 2.03. The van der Waals surface area contributed by atoms with Gasteiger partial charge in [-0.2, -0.15) is 0 Å². The Morgan fingerprint density at radius 1 is 0.667 bits per heavy atom. The zero-order valence-electron chi connectivity index (χ0n) is 14.1. The minimum Gasteiger partial charge on any atom is -0.481 e. The van der Waals surface area contributed by atoms with Crippen LogP contribution in [-0.4, -0.2) is 61.0 Å². The fourth-order valence-electron chi connectivity index (χ4n) is 1.91. The molecule has 1 amide bonds. The first kappa shape index (κ1) is 22.3. The molecule has 0 aliphatic rings. The molecule has 0 rings (SSSR count). The third-order valence-corrected chi connectivity index (χ3v) is 3.16. The topological polar surface area (TPSA) is 122 Å². The quantitative estimate of drug-likeness (QED) is 0.340. The lowest BCUT2D eigenvalue weighted by molar-refractivity contribution is -0.138. The number of aliphatic carboxylic acids is 2. The number of carbonyl (C=O) groups excluding carboxylic acids is 1. The number of ether oxygens (including phenoxy) is 2. The van der Waals surface area contributed by atoms with Crippen molar-refractivity contribution < 1.29 is 34.1 Å². The Morgan fingerprint density at radius 2 is 1.25 bits per heavy atom. The summed E-state index contributed by atoms with van der Waals surface area (Å²) in [5.41, 5.74) is 0. The first-order valence-electron chi connectivity index (χ1n) is 8.38. The first-order valence-corrected chi connectivity index (χ1v) is 8.38. The average Bonchev–Trinajstić information content (AvgIpc) is 2.51. The van der Waals surface area contributed by atoms with E-state index in [1.54, 1.807) is 0 Å². The minimum absolute atomic E-state index is 0.000811. The van der Waals surface area contributed by atoms with Gasteiger partial charge in [-0.15, -0.1) is 0 Å². The van der Waals surface area contributed by atoms with Gasteiger partial charge in [0.15, 0.2) is 0 Å². The van der Waals surface area contributed by atoms with Gasteiger partial charge in [0.25, 0.3) is 0 Å². The predicted molar refractivity (Wildman–Crippen MR) is 86.9 cm³/mol. The van der Waals surface area contributed by atoms with E-state index in [0.29, 0.717) is 45.8 Å². The van der Waals surface area contributed by atoms with Crippen molar-refractivity contribution in [2.45, 2.75) is 51.4 Å². The van der Waals surface area contributed by atoms with E-state index in [9.17, 15) is 14.4 Å². The van der Waals surface area contributed by atoms with Crippen molar-refractivity contribution >= 4 is 17.8 Å². The van der Waals surface area contributed by atoms with Crippen molar-refractivity contribution in [2.75, 3.05) is 33.0 Å². The summed E-state index contributed by atoms with van der Waals surface area (Å²) in [6.45, 7) is 2.37. The number of nitrogens with one attached hydrogen (secondary N) is 1. The van der Waals surface area contributed by atoms with Crippen LogP contribution in [0.4, 0.5) is 0 Å². The molecule has 0 aliphatic carbocycles. The molecule has 0 aromatic heterocycles. The van der Waals surface area contributed by atoms with E-state index in [4.69, 9.17) is 19.7 Å². The maximum absolute atomic E-state index is 11.3. The van der Waals surface area contributed by atoms with Crippen LogP contribution in [0.3, 0.4) is 0 Å². The smallest absolute Gasteiger partial charge is 0.303 e. The van der Waals surface area contributed by atoms with Gasteiger partial charge in [-0.25, -0.2) is 0 Å². The Bertz CT molecular complexity index is 360. The lowest BCUT2D eigenvalue weighted by atomic mass is 10.1. The summed E-state index contributed by atoms with van der Waals surface area (Å²) in [6, 6.07) is 0. The van der Waals surface area contributed by atoms with Gasteiger partial charge in [0.2, 0.25) is 5.91 Å². The van der Waals surface area contributed by atoms with Gasteiger partial charge in [0, 0.05) is 32.4 Å². The van der Waals surface area contributed by atoms with Crippen LogP contribution in [0, 0.1) is 0 Å². The van der Waals surface area contributed by atoms with Crippen molar-refractivity contribution in [3.05, 3.63) is 0 Å². The fourth-order valence-corrected chi connectivity index (χ4v) is 1.91. The molecule has 0 saturated heterocycles. The molecule has 0 aromatic rings. The second-order valence-electron chi connectivity index (χ2n) is 5.38. The Kier molecular flexibility index (Phi) is 15.1. The fraction of sp³-hybridized carbons (Fsp3) is 0.812. The summed E-state index contributed by atoms with van der Waals surface area (Å²) in [4.78, 5) is 31.9. The monoisotopic (exact) mass is 347 g/mol. The maximum Gasteiger partial charge on any atom is 0.303 e. The third-order valence-electron chi connectivity index (χ3n) is 3.16. The molecule has 0 unspecified atom stereocenters. The van der Waals surface area contributed by atoms with Gasteiger partial charge in [-0.1, -0.05) is 12.8 Å². The second kappa shape index (κ2) is 16.2. The summed E-state index contributed by atoms with van der Waals surface area (Å²) < 4.78 is 10.7. The van der Waals surface area contributed by atoms with Crippen LogP contribution < -0.4 is 5.32 Å². The number of carboxylic acid groups (broad SMARTS) is 2. The van der Waals surface area contributed by atoms with Crippen LogP contribution in [0.25, 0.3) is 0 Å². The molecule has 140 valence electrons. The second-order valence-corrected chi connectivity index (χ2v) is 5.38. The van der Waals surface area contributed by atoms with Crippen LogP contribution in [0.1, 0.15) is 51.4 Å². The zero-order valence-corrected chi connectivity index (χ0v) is 14.1. The molecule has 0 heterocycles. The van der Waals surface area contributed by atoms with E-state index in [2.05, 4.69) is 5.32 Å². The highest BCUT2D eigenvalue weighted by molar-refractivity contribution is 5.76. The Labute approximate surface area is 142 Å². The van der Waals surface area contributed by atoms with E-state index >= 15 is 0 Å². The van der Waals surface area contributed by atoms with Crippen molar-refractivity contribution in [3.8, 4) is 0 Å². The van der Waals surface area contributed by atoms with Gasteiger partial charge in [0.05, 0.1) is 19.8 Å². The van der Waals surface area contributed by atoms with Gasteiger partial charge in [-0.3, -0.25) is 14.4 Å². The molecule has 24 heavy (non-hydrogen) atoms. The molecule has 0 spiro atoms. The highest BCUT2D eigenvalue weighted by Gasteiger charge is 2.03. The SMILES string of the molecule is O=C(O)CCCCCCOCCOCCNC(=O)CCCC(=O)O. The number of amides is 1. The molecule has 0 saturated carbocycles. The molecule has 8 heteroatoms. The number of hydrogen-bond donors (Lipinski definition) is 3. The van der Waals surface area contributed by atoms with Gasteiger partial charge in [0.1, 0.15) is 0 Å². The average molecular weight is 347 g/mol. The minimum atomic E-state index is -0.897. The predicted octanol–water partition coefficient (Wildman–Crippen LogP) is 1.43. The van der Waals surface area contributed by atoms with E-state index in [1.807, 2.05) is 0 Å². The van der Waals surface area contributed by atoms with Crippen LogP contribution in [0.15, 0.2) is 0 Å². The summed E-state index contributed by atoms with van der Waals surface area (Å²) >= 11 is 0. The molecule has 8 nitrogen and oxygen atoms in total. The van der Waals surface area contributed by atoms with Gasteiger partial charge in [-0.05, 0) is 19.3 Å². The Hall–Kier alpha value is -1.67. The van der Waals surface area contributed by atoms with Crippen molar-refractivity contribution in [1.82, 2.24) is 5.32 Å². The maximum atomic E-state index is 11.3. The molecular weight excluding hydrogens is 318 g/mol. The van der Waals surface area contributed by atoms with Crippen molar-refractivity contribution in [2.24, 2.45) is 0 Å². The Morgan fingerprint density at radius 3 is 1.92 bits per heavy atom. The summed E-state index contributed by atoms with van der Waals surface area (Å²) in [7, 11) is 0. The molecule has 0 radical (unpaired) electrons. The molecule has 3 N–H and O–H groups in total. The third kappa shape index (κ3) is 18.4. The van der Waals surface area contributed by atoms with E-state index < -0.39 is 11.9 Å². The number of rotatable bonds is 17. The van der Waals surface area contributed by atoms with E-state index in [-0.39, 0.29) is 25.2 Å². The highest BCUT2D eigenvalue weighted by atomic mass is 16.5. The molecule has 0 bridgehead atoms. The number of hydrogen-bond acceptors (Lipinski definition) is 5. The number of carbonyl (C=O) groups is 3. The van der Waals surface area contributed by atoms with E-state index in [1.165, 1.54) is 0 Å². The van der Waals surface area contributed by atoms with Gasteiger partial charge >= 0.3 is 11.9 Å². The molecule has 0 atom stereocenters. The molecular formula is C16H29NO7. The molecule has 0 aliphatic heterocycles. The van der Waals surface area contributed by atoms with Crippen LogP contribution >= 0.6 is 0 Å². The number of unbranched alkanes of at least 4 members (excludes halogenated alkanes) is 3. The summed E-state index contributed by atoms with van der Waals surface area (Å²) in [5.74, 6) is -1.81. The Balaban J connectivity index is 3.16. The molecule has 0 aromatic carbocycles. The standard InChI is InChI=1S/C16H29NO7/c18-14(6-5-8-16(21)22)17-9-11-24-13-12-23-10-4-2-1-3-7-15(19)20/h1-13H2,(H,17,18)(H,19,20)(H,21,22). The largest absolute Gasteiger partial charge is 0.481 e. The van der Waals surface area contributed by atoms with Crippen molar-refractivity contribution in [3.63, 3.8) is 0 Å². The summed E-state index contributed by atoms with van der Waals surface area (Å²) in [5, 5.41) is 19.6. The first-order chi connectivity index (χ1) is 11.5. The normalized spacial score (nSPS) is 10.5. The lowest BCUT2D eigenvalue weighted by Gasteiger charge is -2.07. The number of carboxylic acids is 2. The van der Waals surface area contributed by atoms with Crippen LogP contribution in [0.5, 0.6) is 0 Å². The van der Waals surface area contributed by atoms with Crippen LogP contribution in [-0.2, 0) is 23.9 Å². The van der Waals surface area contributed by atoms with E-state index in [0.717, 1.165) is 19.3 Å². The van der Waals surface area contributed by atoms with Crippen molar-refractivity contribution in [1.29, 1.82) is 0 Å². The van der Waals surface area contributed by atoms with Gasteiger partial charge < -0.3 is 25.0 Å². The molecule has 0 fully saturated rings. The van der Waals surface area contributed by atoms with Crippen LogP contribution in [0.2, 0.25) is 0 Å². The lowest BCUT2D eigenvalue weighted by Crippen LogP contribution is -2.27. The summed E-state index contributed by atoms with van der Waals surface area (Å²) in [6.07, 6.45) is 4.26. The zero-order chi connectivity index (χ0) is 18.0.